The molecule has 1 aromatic rings. The minimum atomic E-state index is 0.345. The lowest BCUT2D eigenvalue weighted by Crippen LogP contribution is -2.11. The smallest absolute Gasteiger partial charge is 0.238 e. The predicted molar refractivity (Wildman–Crippen MR) is 44.3 cm³/mol. The number of nitrogens with zero attached hydrogens (tertiary/aromatic N) is 2. The highest BCUT2D eigenvalue weighted by Gasteiger charge is 2.03. The van der Waals surface area contributed by atoms with Gasteiger partial charge in [-0.05, 0) is 13.8 Å². The molecular weight excluding hydrogens is 164 g/mol. The molecule has 0 radical (unpaired) electrons. The fraction of sp³-hybridized carbons (Fsp3) is 0.333. The van der Waals surface area contributed by atoms with Crippen molar-refractivity contribution in [2.75, 3.05) is 5.43 Å². The van der Waals surface area contributed by atoms with Gasteiger partial charge in [0.2, 0.25) is 5.95 Å². The number of hydrazine groups is 1. The zero-order valence-electron chi connectivity index (χ0n) is 6.35. The molecule has 1 rings (SSSR count). The molecule has 0 spiro atoms. The van der Waals surface area contributed by atoms with Gasteiger partial charge in [-0.2, -0.15) is 4.98 Å². The molecule has 4 nitrogen and oxygen atoms in total. The van der Waals surface area contributed by atoms with Crippen LogP contribution in [0.3, 0.4) is 0 Å². The number of anilines is 1. The fourth-order valence-electron chi connectivity index (χ4n) is 0.658. The van der Waals surface area contributed by atoms with Crippen LogP contribution in [0.15, 0.2) is 0 Å². The number of aryl methyl sites for hydroxylation is 1. The number of nitrogens with one attached hydrogen (secondary N) is 1. The van der Waals surface area contributed by atoms with Crippen LogP contribution in [0.25, 0.3) is 0 Å². The highest BCUT2D eigenvalue weighted by Crippen LogP contribution is 2.15. The first-order chi connectivity index (χ1) is 5.15. The van der Waals surface area contributed by atoms with Crippen molar-refractivity contribution < 1.29 is 0 Å². The topological polar surface area (TPSA) is 63.8 Å². The summed E-state index contributed by atoms with van der Waals surface area (Å²) < 4.78 is 0. The summed E-state index contributed by atoms with van der Waals surface area (Å²) in [5, 5.41) is 0.436. The van der Waals surface area contributed by atoms with E-state index in [0.717, 1.165) is 11.3 Å². The molecule has 1 heterocycles. The normalized spacial score (nSPS) is 9.82. The van der Waals surface area contributed by atoms with Crippen LogP contribution >= 0.6 is 11.6 Å². The molecule has 0 bridgehead atoms. The van der Waals surface area contributed by atoms with Crippen LogP contribution in [0.1, 0.15) is 11.3 Å². The minimum Gasteiger partial charge on any atom is -0.292 e. The first kappa shape index (κ1) is 8.23. The summed E-state index contributed by atoms with van der Waals surface area (Å²) in [6.45, 7) is 3.71. The zero-order chi connectivity index (χ0) is 8.43. The molecule has 0 saturated heterocycles. The Morgan fingerprint density at radius 1 is 1.36 bits per heavy atom. The second-order valence-electron chi connectivity index (χ2n) is 2.19. The van der Waals surface area contributed by atoms with Crippen molar-refractivity contribution >= 4 is 17.5 Å². The van der Waals surface area contributed by atoms with Crippen molar-refractivity contribution in [2.45, 2.75) is 13.8 Å². The van der Waals surface area contributed by atoms with Crippen LogP contribution in [-0.4, -0.2) is 9.97 Å². The zero-order valence-corrected chi connectivity index (χ0v) is 7.11. The fourth-order valence-corrected chi connectivity index (χ4v) is 0.875. The monoisotopic (exact) mass is 172 g/mol. The second kappa shape index (κ2) is 3.02. The van der Waals surface area contributed by atoms with Crippen molar-refractivity contribution in [1.82, 2.24) is 9.97 Å². The standard InChI is InChI=1S/C6H9ClN4/c1-3-4(2)9-6(11-8)10-5(3)7/h8H2,1-2H3,(H,9,10,11). The van der Waals surface area contributed by atoms with Crippen LogP contribution in [0.2, 0.25) is 5.15 Å². The Labute approximate surface area is 69.8 Å². The highest BCUT2D eigenvalue weighted by molar-refractivity contribution is 6.30. The van der Waals surface area contributed by atoms with Gasteiger partial charge < -0.3 is 0 Å². The van der Waals surface area contributed by atoms with Gasteiger partial charge in [-0.15, -0.1) is 0 Å². The van der Waals surface area contributed by atoms with Crippen molar-refractivity contribution in [3.05, 3.63) is 16.4 Å². The Balaban J connectivity index is 3.21. The first-order valence-electron chi connectivity index (χ1n) is 3.12. The molecule has 1 aromatic heterocycles. The van der Waals surface area contributed by atoms with Crippen molar-refractivity contribution in [1.29, 1.82) is 0 Å². The van der Waals surface area contributed by atoms with E-state index in [1.165, 1.54) is 0 Å². The third kappa shape index (κ3) is 1.58. The van der Waals surface area contributed by atoms with Gasteiger partial charge >= 0.3 is 0 Å². The quantitative estimate of drug-likeness (QED) is 0.377. The van der Waals surface area contributed by atoms with E-state index in [1.807, 2.05) is 13.8 Å². The molecule has 0 aromatic carbocycles. The van der Waals surface area contributed by atoms with Gasteiger partial charge in [0.25, 0.3) is 0 Å². The van der Waals surface area contributed by atoms with E-state index >= 15 is 0 Å². The van der Waals surface area contributed by atoms with E-state index < -0.39 is 0 Å². The summed E-state index contributed by atoms with van der Waals surface area (Å²) in [4.78, 5) is 7.89. The van der Waals surface area contributed by atoms with Crippen molar-refractivity contribution in [2.24, 2.45) is 5.84 Å². The van der Waals surface area contributed by atoms with E-state index in [2.05, 4.69) is 15.4 Å². The molecule has 5 heteroatoms. The lowest BCUT2D eigenvalue weighted by Gasteiger charge is -2.03. The molecule has 60 valence electrons. The summed E-state index contributed by atoms with van der Waals surface area (Å²) in [6.07, 6.45) is 0. The number of rotatable bonds is 1. The first-order valence-corrected chi connectivity index (χ1v) is 3.50. The molecular formula is C6H9ClN4. The molecule has 0 aliphatic rings. The molecule has 0 saturated carbocycles. The third-order valence-corrected chi connectivity index (χ3v) is 1.83. The van der Waals surface area contributed by atoms with Gasteiger partial charge in [0, 0.05) is 11.3 Å². The van der Waals surface area contributed by atoms with Crippen LogP contribution < -0.4 is 11.3 Å². The number of nitrogen functional groups attached to an aromatic ring is 1. The van der Waals surface area contributed by atoms with Crippen LogP contribution in [-0.2, 0) is 0 Å². The van der Waals surface area contributed by atoms with Crippen molar-refractivity contribution in [3.63, 3.8) is 0 Å². The van der Waals surface area contributed by atoms with Gasteiger partial charge in [0.05, 0.1) is 0 Å². The van der Waals surface area contributed by atoms with E-state index in [-0.39, 0.29) is 0 Å². The van der Waals surface area contributed by atoms with Crippen LogP contribution in [0.4, 0.5) is 5.95 Å². The Hall–Kier alpha value is -0.870. The molecule has 0 fully saturated rings. The van der Waals surface area contributed by atoms with Gasteiger partial charge in [-0.3, -0.25) is 5.43 Å². The second-order valence-corrected chi connectivity index (χ2v) is 2.55. The number of nitrogens with two attached hydrogens (primary N) is 1. The lowest BCUT2D eigenvalue weighted by atomic mass is 10.3. The average molecular weight is 173 g/mol. The molecule has 0 amide bonds. The maximum atomic E-state index is 5.75. The van der Waals surface area contributed by atoms with E-state index in [4.69, 9.17) is 17.4 Å². The molecule has 0 unspecified atom stereocenters. The summed E-state index contributed by atoms with van der Waals surface area (Å²) >= 11 is 5.75. The van der Waals surface area contributed by atoms with Gasteiger partial charge in [-0.25, -0.2) is 10.8 Å². The number of hydrogen-bond donors (Lipinski definition) is 2. The third-order valence-electron chi connectivity index (χ3n) is 1.46. The van der Waals surface area contributed by atoms with Crippen molar-refractivity contribution in [3.8, 4) is 0 Å². The Morgan fingerprint density at radius 2 is 2.00 bits per heavy atom. The summed E-state index contributed by atoms with van der Waals surface area (Å²) in [7, 11) is 0. The highest BCUT2D eigenvalue weighted by atomic mass is 35.5. The van der Waals surface area contributed by atoms with E-state index in [9.17, 15) is 0 Å². The molecule has 0 atom stereocenters. The molecule has 0 aliphatic carbocycles. The Kier molecular flexibility index (Phi) is 2.26. The predicted octanol–water partition coefficient (Wildman–Crippen LogP) is 1.03. The van der Waals surface area contributed by atoms with Gasteiger partial charge in [0.1, 0.15) is 5.15 Å². The number of halogens is 1. The molecule has 11 heavy (non-hydrogen) atoms. The maximum Gasteiger partial charge on any atom is 0.238 e. The maximum absolute atomic E-state index is 5.75. The molecule has 0 aliphatic heterocycles. The minimum absolute atomic E-state index is 0.345. The van der Waals surface area contributed by atoms with Gasteiger partial charge in [-0.1, -0.05) is 11.6 Å². The van der Waals surface area contributed by atoms with Gasteiger partial charge in [0.15, 0.2) is 0 Å². The summed E-state index contributed by atoms with van der Waals surface area (Å²) in [5.74, 6) is 5.45. The lowest BCUT2D eigenvalue weighted by molar-refractivity contribution is 1.04. The summed E-state index contributed by atoms with van der Waals surface area (Å²) in [5.41, 5.74) is 4.04. The largest absolute Gasteiger partial charge is 0.292 e. The van der Waals surface area contributed by atoms with Crippen LogP contribution in [0, 0.1) is 13.8 Å². The van der Waals surface area contributed by atoms with E-state index in [0.29, 0.717) is 11.1 Å². The average Bonchev–Trinajstić information content (AvgIpc) is 1.99. The molecule has 3 N–H and O–H groups in total. The Bertz CT molecular complexity index is 250. The summed E-state index contributed by atoms with van der Waals surface area (Å²) in [6, 6.07) is 0. The SMILES string of the molecule is Cc1nc(NN)nc(Cl)c1C. The van der Waals surface area contributed by atoms with E-state index in [1.54, 1.807) is 0 Å². The number of hydrogen-bond acceptors (Lipinski definition) is 4. The van der Waals surface area contributed by atoms with Crippen LogP contribution in [0.5, 0.6) is 0 Å². The number of aromatic nitrogens is 2. The Morgan fingerprint density at radius 3 is 2.45 bits per heavy atom.